The van der Waals surface area contributed by atoms with E-state index in [1.165, 1.54) is 15.6 Å². The highest BCUT2D eigenvalue weighted by Gasteiger charge is 2.37. The van der Waals surface area contributed by atoms with Crippen molar-refractivity contribution >= 4 is 27.4 Å². The molecule has 4 nitrogen and oxygen atoms in total. The lowest BCUT2D eigenvalue weighted by atomic mass is 9.96. The first-order valence-corrected chi connectivity index (χ1v) is 8.98. The number of pyridine rings is 1. The van der Waals surface area contributed by atoms with Gasteiger partial charge in [0.1, 0.15) is 6.04 Å². The molecule has 2 atom stereocenters. The molecule has 1 saturated heterocycles. The van der Waals surface area contributed by atoms with Crippen molar-refractivity contribution in [3.8, 4) is 0 Å². The van der Waals surface area contributed by atoms with Crippen molar-refractivity contribution in [1.82, 2.24) is 9.88 Å². The summed E-state index contributed by atoms with van der Waals surface area (Å²) in [5.74, 6) is -0.730. The van der Waals surface area contributed by atoms with Gasteiger partial charge in [0.15, 0.2) is 0 Å². The van der Waals surface area contributed by atoms with Gasteiger partial charge in [0.25, 0.3) is 0 Å². The number of fused-ring (bicyclic) bond motifs is 1. The molecule has 0 bridgehead atoms. The number of likely N-dealkylation sites (tertiary alicyclic amines) is 1. The van der Waals surface area contributed by atoms with Crippen LogP contribution in [0.15, 0.2) is 54.2 Å². The maximum atomic E-state index is 11.7. The summed E-state index contributed by atoms with van der Waals surface area (Å²) in [6.07, 6.45) is 5.19. The number of thiophene rings is 1. The Bertz CT molecular complexity index is 862. The zero-order valence-electron chi connectivity index (χ0n) is 13.1. The molecule has 122 valence electrons. The molecule has 5 heteroatoms. The maximum absolute atomic E-state index is 11.7. The maximum Gasteiger partial charge on any atom is 0.320 e. The van der Waals surface area contributed by atoms with Crippen LogP contribution in [0.25, 0.3) is 10.1 Å². The van der Waals surface area contributed by atoms with Crippen molar-refractivity contribution in [1.29, 1.82) is 0 Å². The molecular formula is C19H18N2O2S. The van der Waals surface area contributed by atoms with Crippen molar-refractivity contribution < 1.29 is 9.90 Å². The number of benzene rings is 1. The second kappa shape index (κ2) is 6.34. The Labute approximate surface area is 144 Å². The number of aliphatic carboxylic acids is 1. The first-order chi connectivity index (χ1) is 11.8. The summed E-state index contributed by atoms with van der Waals surface area (Å²) in [5, 5.41) is 13.0. The van der Waals surface area contributed by atoms with Gasteiger partial charge in [-0.25, -0.2) is 0 Å². The second-order valence-corrected chi connectivity index (χ2v) is 7.02. The topological polar surface area (TPSA) is 53.4 Å². The molecule has 1 N–H and O–H groups in total. The third kappa shape index (κ3) is 2.60. The number of nitrogens with zero attached hydrogens (tertiary/aromatic N) is 2. The van der Waals surface area contributed by atoms with Crippen LogP contribution in [-0.2, 0) is 4.79 Å². The Morgan fingerprint density at radius 2 is 2.04 bits per heavy atom. The van der Waals surface area contributed by atoms with Gasteiger partial charge >= 0.3 is 5.97 Å². The van der Waals surface area contributed by atoms with E-state index >= 15 is 0 Å². The van der Waals surface area contributed by atoms with Crippen molar-refractivity contribution in [3.63, 3.8) is 0 Å². The van der Waals surface area contributed by atoms with Crippen molar-refractivity contribution in [2.75, 3.05) is 6.54 Å². The van der Waals surface area contributed by atoms with E-state index in [0.29, 0.717) is 6.42 Å². The van der Waals surface area contributed by atoms with Gasteiger partial charge in [-0.2, -0.15) is 0 Å². The van der Waals surface area contributed by atoms with Gasteiger partial charge in [-0.1, -0.05) is 18.2 Å². The first-order valence-electron chi connectivity index (χ1n) is 8.10. The Morgan fingerprint density at radius 3 is 2.83 bits per heavy atom. The molecule has 0 aliphatic carbocycles. The van der Waals surface area contributed by atoms with Crippen LogP contribution in [0.5, 0.6) is 0 Å². The Morgan fingerprint density at radius 1 is 1.25 bits per heavy atom. The first kappa shape index (κ1) is 15.3. The van der Waals surface area contributed by atoms with Gasteiger partial charge in [0, 0.05) is 23.6 Å². The van der Waals surface area contributed by atoms with Gasteiger partial charge in [-0.15, -0.1) is 11.3 Å². The quantitative estimate of drug-likeness (QED) is 0.783. The van der Waals surface area contributed by atoms with E-state index in [4.69, 9.17) is 0 Å². The minimum absolute atomic E-state index is 0.0484. The standard InChI is InChI=1S/C19H18N2O2S/c22-19(23)16-5-3-11-21(16)18(13-7-9-20-10-8-13)15-12-24-17-6-2-1-4-14(15)17/h1-2,4,6-10,12,16,18H,3,5,11H2,(H,22,23). The molecular weight excluding hydrogens is 320 g/mol. The highest BCUT2D eigenvalue weighted by atomic mass is 32.1. The average molecular weight is 338 g/mol. The van der Waals surface area contributed by atoms with Crippen LogP contribution in [0.4, 0.5) is 0 Å². The van der Waals surface area contributed by atoms with Gasteiger partial charge in [0.05, 0.1) is 6.04 Å². The van der Waals surface area contributed by atoms with E-state index in [1.54, 1.807) is 23.7 Å². The van der Waals surface area contributed by atoms with Crippen LogP contribution in [0.2, 0.25) is 0 Å². The van der Waals surface area contributed by atoms with E-state index in [9.17, 15) is 9.90 Å². The summed E-state index contributed by atoms with van der Waals surface area (Å²) in [7, 11) is 0. The lowest BCUT2D eigenvalue weighted by molar-refractivity contribution is -0.142. The molecule has 0 spiro atoms. The predicted octanol–water partition coefficient (Wildman–Crippen LogP) is 3.93. The summed E-state index contributed by atoms with van der Waals surface area (Å²) < 4.78 is 1.23. The highest BCUT2D eigenvalue weighted by Crippen LogP contribution is 2.40. The van der Waals surface area contributed by atoms with Crippen LogP contribution in [-0.4, -0.2) is 33.5 Å². The Balaban J connectivity index is 1.86. The molecule has 3 aromatic rings. The summed E-state index contributed by atoms with van der Waals surface area (Å²) in [6, 6.07) is 11.8. The molecule has 2 unspecified atom stereocenters. The molecule has 1 aliphatic heterocycles. The van der Waals surface area contributed by atoms with Crippen molar-refractivity contribution in [3.05, 3.63) is 65.3 Å². The van der Waals surface area contributed by atoms with Crippen LogP contribution < -0.4 is 0 Å². The van der Waals surface area contributed by atoms with E-state index in [2.05, 4.69) is 27.4 Å². The normalized spacial score (nSPS) is 19.6. The molecule has 24 heavy (non-hydrogen) atoms. The molecule has 2 aromatic heterocycles. The third-order valence-electron chi connectivity index (χ3n) is 4.74. The van der Waals surface area contributed by atoms with E-state index in [0.717, 1.165) is 18.5 Å². The monoisotopic (exact) mass is 338 g/mol. The lowest BCUT2D eigenvalue weighted by Gasteiger charge is -2.31. The van der Waals surface area contributed by atoms with Crippen LogP contribution in [0.1, 0.15) is 30.0 Å². The van der Waals surface area contributed by atoms with E-state index in [-0.39, 0.29) is 6.04 Å². The third-order valence-corrected chi connectivity index (χ3v) is 5.72. The highest BCUT2D eigenvalue weighted by molar-refractivity contribution is 7.17. The number of hydrogen-bond donors (Lipinski definition) is 1. The van der Waals surface area contributed by atoms with Crippen molar-refractivity contribution in [2.24, 2.45) is 0 Å². The molecule has 4 rings (SSSR count). The largest absolute Gasteiger partial charge is 0.480 e. The number of carboxylic acid groups (broad SMARTS) is 1. The smallest absolute Gasteiger partial charge is 0.320 e. The predicted molar refractivity (Wildman–Crippen MR) is 95.3 cm³/mol. The van der Waals surface area contributed by atoms with Gasteiger partial charge in [0.2, 0.25) is 0 Å². The molecule has 1 fully saturated rings. The van der Waals surface area contributed by atoms with E-state index < -0.39 is 12.0 Å². The van der Waals surface area contributed by atoms with Gasteiger partial charge < -0.3 is 5.11 Å². The molecule has 1 aromatic carbocycles. The Kier molecular flexibility index (Phi) is 4.04. The minimum atomic E-state index is -0.730. The summed E-state index contributed by atoms with van der Waals surface area (Å²) in [4.78, 5) is 18.0. The summed E-state index contributed by atoms with van der Waals surface area (Å²) >= 11 is 1.72. The number of rotatable bonds is 4. The lowest BCUT2D eigenvalue weighted by Crippen LogP contribution is -2.39. The van der Waals surface area contributed by atoms with E-state index in [1.807, 2.05) is 24.3 Å². The van der Waals surface area contributed by atoms with Crippen LogP contribution >= 0.6 is 11.3 Å². The fourth-order valence-corrected chi connectivity index (χ4v) is 4.65. The summed E-state index contributed by atoms with van der Waals surface area (Å²) in [6.45, 7) is 0.800. The fraction of sp³-hybridized carbons (Fsp3) is 0.263. The fourth-order valence-electron chi connectivity index (χ4n) is 3.67. The minimum Gasteiger partial charge on any atom is -0.480 e. The van der Waals surface area contributed by atoms with Crippen LogP contribution in [0.3, 0.4) is 0 Å². The SMILES string of the molecule is O=C(O)C1CCCN1C(c1ccncc1)c1csc2ccccc12. The average Bonchev–Trinajstić information content (AvgIpc) is 3.24. The number of carbonyl (C=O) groups is 1. The molecule has 1 aliphatic rings. The summed E-state index contributed by atoms with van der Waals surface area (Å²) in [5.41, 5.74) is 2.29. The molecule has 0 saturated carbocycles. The Hall–Kier alpha value is -2.24. The zero-order valence-corrected chi connectivity index (χ0v) is 13.9. The van der Waals surface area contributed by atoms with Gasteiger partial charge in [-0.3, -0.25) is 14.7 Å². The van der Waals surface area contributed by atoms with Crippen molar-refractivity contribution in [2.45, 2.75) is 24.9 Å². The zero-order chi connectivity index (χ0) is 16.5. The number of hydrogen-bond acceptors (Lipinski definition) is 4. The number of carboxylic acids is 1. The number of aromatic nitrogens is 1. The molecule has 0 amide bonds. The van der Waals surface area contributed by atoms with Gasteiger partial charge in [-0.05, 0) is 52.9 Å². The molecule has 3 heterocycles. The van der Waals surface area contributed by atoms with Crippen LogP contribution in [0, 0.1) is 0 Å². The molecule has 0 radical (unpaired) electrons. The second-order valence-electron chi connectivity index (χ2n) is 6.10.